The van der Waals surface area contributed by atoms with E-state index in [2.05, 4.69) is 95.8 Å². The molecule has 0 unspecified atom stereocenters. The van der Waals surface area contributed by atoms with E-state index in [-0.39, 0.29) is 0 Å². The van der Waals surface area contributed by atoms with Crippen LogP contribution in [0, 0.1) is 12.3 Å². The Kier molecular flexibility index (Phi) is 6.14. The molecular weight excluding hydrogens is 410 g/mol. The van der Waals surface area contributed by atoms with Gasteiger partial charge < -0.3 is 0 Å². The van der Waals surface area contributed by atoms with Crippen LogP contribution in [-0.4, -0.2) is 4.98 Å². The number of nitrogens with zero attached hydrogens (tertiary/aromatic N) is 1. The molecule has 0 aliphatic heterocycles. The van der Waals surface area contributed by atoms with Crippen LogP contribution >= 0.6 is 0 Å². The van der Waals surface area contributed by atoms with Crippen molar-refractivity contribution in [3.8, 4) is 34.7 Å². The smallest absolute Gasteiger partial charge is 0.0708 e. The predicted molar refractivity (Wildman–Crippen MR) is 144 cm³/mol. The average molecular weight is 434 g/mol. The monoisotopic (exact) mass is 433 g/mol. The fraction of sp³-hybridized carbons (Fsp3) is 0. The van der Waals surface area contributed by atoms with E-state index in [9.17, 15) is 0 Å². The molecule has 34 heavy (non-hydrogen) atoms. The SMILES string of the molecule is C#Cc1ccccc1.c1ccc(-c2c(-c3ccccn3)ccc3cc4ccccc4cc23)cc1. The molecule has 5 aromatic carbocycles. The molecule has 0 amide bonds. The van der Waals surface area contributed by atoms with Gasteiger partial charge in [-0.05, 0) is 69.1 Å². The number of pyridine rings is 1. The molecule has 0 saturated heterocycles. The van der Waals surface area contributed by atoms with Crippen LogP contribution in [-0.2, 0) is 0 Å². The first-order valence-corrected chi connectivity index (χ1v) is 11.3. The zero-order valence-electron chi connectivity index (χ0n) is 18.7. The summed E-state index contributed by atoms with van der Waals surface area (Å²) in [5.74, 6) is 2.53. The van der Waals surface area contributed by atoms with Gasteiger partial charge in [0.2, 0.25) is 0 Å². The lowest BCUT2D eigenvalue weighted by Gasteiger charge is -2.14. The lowest BCUT2D eigenvalue weighted by atomic mass is 9.90. The van der Waals surface area contributed by atoms with Crippen LogP contribution in [0.3, 0.4) is 0 Å². The summed E-state index contributed by atoms with van der Waals surface area (Å²) in [5, 5.41) is 5.04. The third kappa shape index (κ3) is 4.44. The topological polar surface area (TPSA) is 12.9 Å². The molecule has 0 bridgehead atoms. The fourth-order valence-corrected chi connectivity index (χ4v) is 4.20. The third-order valence-electron chi connectivity index (χ3n) is 5.83. The van der Waals surface area contributed by atoms with Crippen molar-refractivity contribution in [1.82, 2.24) is 4.98 Å². The highest BCUT2D eigenvalue weighted by Gasteiger charge is 2.13. The molecule has 0 saturated carbocycles. The summed E-state index contributed by atoms with van der Waals surface area (Å²) in [6.07, 6.45) is 6.96. The summed E-state index contributed by atoms with van der Waals surface area (Å²) in [5.41, 5.74) is 5.56. The van der Waals surface area contributed by atoms with Crippen molar-refractivity contribution < 1.29 is 0 Å². The number of fused-ring (bicyclic) bond motifs is 2. The van der Waals surface area contributed by atoms with Gasteiger partial charge in [-0.3, -0.25) is 4.98 Å². The highest BCUT2D eigenvalue weighted by Crippen LogP contribution is 2.38. The van der Waals surface area contributed by atoms with Gasteiger partial charge in [0.1, 0.15) is 0 Å². The normalized spacial score (nSPS) is 10.3. The first-order chi connectivity index (χ1) is 16.8. The van der Waals surface area contributed by atoms with Crippen molar-refractivity contribution in [2.75, 3.05) is 0 Å². The molecule has 1 heteroatoms. The van der Waals surface area contributed by atoms with E-state index >= 15 is 0 Å². The van der Waals surface area contributed by atoms with Crippen LogP contribution in [0.4, 0.5) is 0 Å². The molecule has 0 aliphatic carbocycles. The van der Waals surface area contributed by atoms with Gasteiger partial charge in [0.25, 0.3) is 0 Å². The molecule has 0 aliphatic rings. The summed E-state index contributed by atoms with van der Waals surface area (Å²) in [4.78, 5) is 4.60. The molecule has 0 spiro atoms. The van der Waals surface area contributed by atoms with E-state index in [0.29, 0.717) is 0 Å². The van der Waals surface area contributed by atoms with Gasteiger partial charge >= 0.3 is 0 Å². The fourth-order valence-electron chi connectivity index (χ4n) is 4.20. The number of terminal acetylenes is 1. The second-order valence-corrected chi connectivity index (χ2v) is 8.00. The molecule has 0 fully saturated rings. The van der Waals surface area contributed by atoms with E-state index in [1.165, 1.54) is 38.2 Å². The van der Waals surface area contributed by atoms with E-state index in [1.807, 2.05) is 48.7 Å². The Morgan fingerprint density at radius 1 is 0.559 bits per heavy atom. The van der Waals surface area contributed by atoms with Gasteiger partial charge in [0, 0.05) is 17.3 Å². The Bertz CT molecular complexity index is 1580. The van der Waals surface area contributed by atoms with Crippen LogP contribution in [0.25, 0.3) is 43.9 Å². The summed E-state index contributed by atoms with van der Waals surface area (Å²) < 4.78 is 0. The second-order valence-electron chi connectivity index (χ2n) is 8.00. The molecule has 6 rings (SSSR count). The van der Waals surface area contributed by atoms with Crippen LogP contribution in [0.1, 0.15) is 5.56 Å². The highest BCUT2D eigenvalue weighted by molar-refractivity contribution is 6.09. The minimum absolute atomic E-state index is 0.938. The molecular formula is C33H23N. The maximum absolute atomic E-state index is 5.10. The maximum Gasteiger partial charge on any atom is 0.0708 e. The summed E-state index contributed by atoms with van der Waals surface area (Å²) in [6.45, 7) is 0. The van der Waals surface area contributed by atoms with Gasteiger partial charge in [0.15, 0.2) is 0 Å². The summed E-state index contributed by atoms with van der Waals surface area (Å²) in [7, 11) is 0. The van der Waals surface area contributed by atoms with Crippen molar-refractivity contribution in [3.63, 3.8) is 0 Å². The van der Waals surface area contributed by atoms with Crippen molar-refractivity contribution >= 4 is 21.5 Å². The number of hydrogen-bond donors (Lipinski definition) is 0. The molecule has 1 heterocycles. The minimum atomic E-state index is 0.938. The summed E-state index contributed by atoms with van der Waals surface area (Å²) >= 11 is 0. The first-order valence-electron chi connectivity index (χ1n) is 11.3. The third-order valence-corrected chi connectivity index (χ3v) is 5.83. The second kappa shape index (κ2) is 9.86. The molecule has 160 valence electrons. The van der Waals surface area contributed by atoms with Gasteiger partial charge in [-0.25, -0.2) is 0 Å². The molecule has 0 radical (unpaired) electrons. The lowest BCUT2D eigenvalue weighted by Crippen LogP contribution is -1.90. The van der Waals surface area contributed by atoms with Crippen LogP contribution in [0.15, 0.2) is 134 Å². The molecule has 1 nitrogen and oxygen atoms in total. The standard InChI is InChI=1S/C25H17N.C8H6/c1-2-8-18(9-3-1)25-22(24-12-6-7-15-26-24)14-13-21-16-19-10-4-5-11-20(19)17-23(21)25;1-2-8-6-4-3-5-7-8/h1-17H;1,3-7H. The van der Waals surface area contributed by atoms with Crippen LogP contribution in [0.5, 0.6) is 0 Å². The van der Waals surface area contributed by atoms with E-state index in [1.54, 1.807) is 0 Å². The average Bonchev–Trinajstić information content (AvgIpc) is 2.93. The van der Waals surface area contributed by atoms with Crippen molar-refractivity contribution in [2.45, 2.75) is 0 Å². The Labute approximate surface area is 200 Å². The number of benzene rings is 5. The molecule has 0 atom stereocenters. The number of rotatable bonds is 2. The van der Waals surface area contributed by atoms with Gasteiger partial charge in [-0.1, -0.05) is 96.9 Å². The van der Waals surface area contributed by atoms with Crippen molar-refractivity contribution in [2.24, 2.45) is 0 Å². The molecule has 1 aromatic heterocycles. The van der Waals surface area contributed by atoms with Crippen molar-refractivity contribution in [3.05, 3.63) is 139 Å². The first kappa shape index (κ1) is 21.2. The Hall–Kier alpha value is -4.67. The zero-order chi connectivity index (χ0) is 23.2. The van der Waals surface area contributed by atoms with Gasteiger partial charge in [-0.15, -0.1) is 6.42 Å². The lowest BCUT2D eigenvalue weighted by molar-refractivity contribution is 1.33. The number of hydrogen-bond acceptors (Lipinski definition) is 1. The Balaban J connectivity index is 0.000000257. The maximum atomic E-state index is 5.10. The largest absolute Gasteiger partial charge is 0.256 e. The van der Waals surface area contributed by atoms with E-state index in [4.69, 9.17) is 6.42 Å². The Morgan fingerprint density at radius 3 is 1.85 bits per heavy atom. The quantitative estimate of drug-likeness (QED) is 0.197. The predicted octanol–water partition coefficient (Wildman–Crippen LogP) is 8.39. The van der Waals surface area contributed by atoms with Crippen LogP contribution < -0.4 is 0 Å². The van der Waals surface area contributed by atoms with Gasteiger partial charge in [0.05, 0.1) is 5.69 Å². The minimum Gasteiger partial charge on any atom is -0.256 e. The zero-order valence-corrected chi connectivity index (χ0v) is 18.7. The highest BCUT2D eigenvalue weighted by atomic mass is 14.7. The summed E-state index contributed by atoms with van der Waals surface area (Å²) in [6, 6.07) is 43.8. The number of aromatic nitrogens is 1. The van der Waals surface area contributed by atoms with E-state index < -0.39 is 0 Å². The molecule has 6 aromatic rings. The van der Waals surface area contributed by atoms with E-state index in [0.717, 1.165) is 11.3 Å². The van der Waals surface area contributed by atoms with Crippen molar-refractivity contribution in [1.29, 1.82) is 0 Å². The van der Waals surface area contributed by atoms with Crippen LogP contribution in [0.2, 0.25) is 0 Å². The Morgan fingerprint density at radius 2 is 1.21 bits per heavy atom. The molecule has 0 N–H and O–H groups in total. The van der Waals surface area contributed by atoms with Gasteiger partial charge in [-0.2, -0.15) is 0 Å².